The van der Waals surface area contributed by atoms with Crippen molar-refractivity contribution in [3.8, 4) is 12.3 Å². The van der Waals surface area contributed by atoms with Crippen molar-refractivity contribution in [2.24, 2.45) is 0 Å². The number of rotatable bonds is 4. The minimum absolute atomic E-state index is 0.0164. The van der Waals surface area contributed by atoms with Crippen LogP contribution in [0.5, 0.6) is 0 Å². The van der Waals surface area contributed by atoms with Crippen LogP contribution in [0.15, 0.2) is 18.3 Å². The summed E-state index contributed by atoms with van der Waals surface area (Å²) in [5.41, 5.74) is 0.682. The molecule has 0 saturated heterocycles. The number of carbonyl (C=O) groups excluding carboxylic acids is 1. The molecule has 0 aliphatic rings. The van der Waals surface area contributed by atoms with Gasteiger partial charge in [-0.05, 0) is 26.0 Å². The lowest BCUT2D eigenvalue weighted by Crippen LogP contribution is -2.33. The molecular weight excluding hydrogens is 188 g/mol. The van der Waals surface area contributed by atoms with Crippen LogP contribution in [0.4, 0.5) is 0 Å². The van der Waals surface area contributed by atoms with Gasteiger partial charge in [0, 0.05) is 25.2 Å². The highest BCUT2D eigenvalue weighted by molar-refractivity contribution is 5.92. The number of nitrogens with zero attached hydrogens (tertiary/aromatic N) is 1. The van der Waals surface area contributed by atoms with Gasteiger partial charge >= 0.3 is 0 Å². The molecule has 15 heavy (non-hydrogen) atoms. The lowest BCUT2D eigenvalue weighted by molar-refractivity contribution is 0.0931. The molecule has 1 N–H and O–H groups in total. The minimum atomic E-state index is -0.0652. The highest BCUT2D eigenvalue weighted by Gasteiger charge is 2.11. The van der Waals surface area contributed by atoms with E-state index in [4.69, 9.17) is 6.42 Å². The molecule has 1 aromatic heterocycles. The summed E-state index contributed by atoms with van der Waals surface area (Å²) in [7, 11) is 0. The quantitative estimate of drug-likeness (QED) is 0.743. The molecule has 0 saturated carbocycles. The number of aryl methyl sites for hydroxylation is 1. The summed E-state index contributed by atoms with van der Waals surface area (Å²) >= 11 is 0. The Bertz CT molecular complexity index is 373. The van der Waals surface area contributed by atoms with Gasteiger partial charge < -0.3 is 9.88 Å². The van der Waals surface area contributed by atoms with Crippen LogP contribution in [-0.4, -0.2) is 16.5 Å². The Hall–Kier alpha value is -1.69. The number of hydrogen-bond donors (Lipinski definition) is 1. The lowest BCUT2D eigenvalue weighted by atomic mass is 10.2. The number of terminal acetylenes is 1. The van der Waals surface area contributed by atoms with Gasteiger partial charge in [0.25, 0.3) is 5.91 Å². The normalized spacial score (nSPS) is 11.8. The van der Waals surface area contributed by atoms with Crippen molar-refractivity contribution in [2.45, 2.75) is 32.9 Å². The van der Waals surface area contributed by atoms with Gasteiger partial charge in [0.15, 0.2) is 0 Å². The van der Waals surface area contributed by atoms with E-state index >= 15 is 0 Å². The van der Waals surface area contributed by atoms with Gasteiger partial charge in [0.2, 0.25) is 0 Å². The Kier molecular flexibility index (Phi) is 3.99. The third-order valence-electron chi connectivity index (χ3n) is 2.20. The molecule has 1 aromatic rings. The SMILES string of the molecule is C#CCC(C)NC(=O)c1cccn1CC. The van der Waals surface area contributed by atoms with Crippen LogP contribution in [0, 0.1) is 12.3 Å². The van der Waals surface area contributed by atoms with Gasteiger partial charge in [0.1, 0.15) is 5.69 Å². The summed E-state index contributed by atoms with van der Waals surface area (Å²) in [6.07, 6.45) is 7.62. The predicted molar refractivity (Wildman–Crippen MR) is 60.5 cm³/mol. The summed E-state index contributed by atoms with van der Waals surface area (Å²) in [6.45, 7) is 4.69. The molecule has 0 aliphatic carbocycles. The molecule has 80 valence electrons. The van der Waals surface area contributed by atoms with E-state index in [0.29, 0.717) is 12.1 Å². The Balaban J connectivity index is 2.65. The van der Waals surface area contributed by atoms with Crippen molar-refractivity contribution in [3.05, 3.63) is 24.0 Å². The molecule has 1 heterocycles. The first-order valence-electron chi connectivity index (χ1n) is 5.08. The van der Waals surface area contributed by atoms with Gasteiger partial charge in [-0.3, -0.25) is 4.79 Å². The second-order valence-corrected chi connectivity index (χ2v) is 3.46. The van der Waals surface area contributed by atoms with E-state index in [1.807, 2.05) is 30.7 Å². The molecule has 0 bridgehead atoms. The highest BCUT2D eigenvalue weighted by atomic mass is 16.2. The largest absolute Gasteiger partial charge is 0.347 e. The van der Waals surface area contributed by atoms with Crippen LogP contribution in [0.3, 0.4) is 0 Å². The molecule has 0 spiro atoms. The summed E-state index contributed by atoms with van der Waals surface area (Å²) in [4.78, 5) is 11.8. The number of aromatic nitrogens is 1. The van der Waals surface area contributed by atoms with Crippen LogP contribution >= 0.6 is 0 Å². The molecule has 3 nitrogen and oxygen atoms in total. The lowest BCUT2D eigenvalue weighted by Gasteiger charge is -2.12. The van der Waals surface area contributed by atoms with Crippen molar-refractivity contribution in [3.63, 3.8) is 0 Å². The molecule has 1 rings (SSSR count). The average Bonchev–Trinajstić information content (AvgIpc) is 2.65. The van der Waals surface area contributed by atoms with E-state index in [1.54, 1.807) is 6.07 Å². The molecular formula is C12H16N2O. The van der Waals surface area contributed by atoms with Crippen molar-refractivity contribution >= 4 is 5.91 Å². The Labute approximate surface area is 90.5 Å². The monoisotopic (exact) mass is 204 g/mol. The molecule has 0 radical (unpaired) electrons. The fourth-order valence-corrected chi connectivity index (χ4v) is 1.42. The molecule has 1 unspecified atom stereocenters. The maximum Gasteiger partial charge on any atom is 0.268 e. The number of amides is 1. The zero-order chi connectivity index (χ0) is 11.3. The van der Waals surface area contributed by atoms with E-state index in [-0.39, 0.29) is 11.9 Å². The first-order valence-corrected chi connectivity index (χ1v) is 5.08. The van der Waals surface area contributed by atoms with Crippen LogP contribution in [0.2, 0.25) is 0 Å². The Morgan fingerprint density at radius 3 is 3.07 bits per heavy atom. The van der Waals surface area contributed by atoms with Crippen molar-refractivity contribution in [2.75, 3.05) is 0 Å². The van der Waals surface area contributed by atoms with Gasteiger partial charge in [0.05, 0.1) is 0 Å². The Morgan fingerprint density at radius 2 is 2.47 bits per heavy atom. The van der Waals surface area contributed by atoms with Crippen molar-refractivity contribution < 1.29 is 4.79 Å². The molecule has 1 amide bonds. The van der Waals surface area contributed by atoms with Gasteiger partial charge in [-0.25, -0.2) is 0 Å². The number of hydrogen-bond acceptors (Lipinski definition) is 1. The van der Waals surface area contributed by atoms with E-state index in [9.17, 15) is 4.79 Å². The maximum atomic E-state index is 11.8. The Morgan fingerprint density at radius 1 is 1.73 bits per heavy atom. The fraction of sp³-hybridized carbons (Fsp3) is 0.417. The van der Waals surface area contributed by atoms with Gasteiger partial charge in [-0.15, -0.1) is 12.3 Å². The van der Waals surface area contributed by atoms with Gasteiger partial charge in [-0.2, -0.15) is 0 Å². The molecule has 0 aromatic carbocycles. The van der Waals surface area contributed by atoms with Crippen LogP contribution in [0.25, 0.3) is 0 Å². The number of nitrogens with one attached hydrogen (secondary N) is 1. The second-order valence-electron chi connectivity index (χ2n) is 3.46. The number of carbonyl (C=O) groups is 1. The molecule has 1 atom stereocenters. The first-order chi connectivity index (χ1) is 7.19. The topological polar surface area (TPSA) is 34.0 Å². The average molecular weight is 204 g/mol. The summed E-state index contributed by atoms with van der Waals surface area (Å²) < 4.78 is 1.90. The summed E-state index contributed by atoms with van der Waals surface area (Å²) in [6, 6.07) is 3.69. The molecule has 0 aliphatic heterocycles. The first kappa shape index (κ1) is 11.4. The van der Waals surface area contributed by atoms with Crippen LogP contribution in [0.1, 0.15) is 30.8 Å². The van der Waals surface area contributed by atoms with Crippen molar-refractivity contribution in [1.82, 2.24) is 9.88 Å². The third kappa shape index (κ3) is 2.88. The fourth-order valence-electron chi connectivity index (χ4n) is 1.42. The van der Waals surface area contributed by atoms with E-state index < -0.39 is 0 Å². The van der Waals surface area contributed by atoms with E-state index in [2.05, 4.69) is 11.2 Å². The third-order valence-corrected chi connectivity index (χ3v) is 2.20. The highest BCUT2D eigenvalue weighted by Crippen LogP contribution is 2.03. The van der Waals surface area contributed by atoms with E-state index in [0.717, 1.165) is 6.54 Å². The van der Waals surface area contributed by atoms with Crippen LogP contribution in [-0.2, 0) is 6.54 Å². The molecule has 3 heteroatoms. The van der Waals surface area contributed by atoms with E-state index in [1.165, 1.54) is 0 Å². The standard InChI is InChI=1S/C12H16N2O/c1-4-7-10(3)13-12(15)11-8-6-9-14(11)5-2/h1,6,8-10H,5,7H2,2-3H3,(H,13,15). The van der Waals surface area contributed by atoms with Crippen molar-refractivity contribution in [1.29, 1.82) is 0 Å². The second kappa shape index (κ2) is 5.26. The maximum absolute atomic E-state index is 11.8. The summed E-state index contributed by atoms with van der Waals surface area (Å²) in [5, 5.41) is 2.86. The summed E-state index contributed by atoms with van der Waals surface area (Å²) in [5.74, 6) is 2.46. The van der Waals surface area contributed by atoms with Crippen LogP contribution < -0.4 is 5.32 Å². The smallest absolute Gasteiger partial charge is 0.268 e. The zero-order valence-corrected chi connectivity index (χ0v) is 9.16. The van der Waals surface area contributed by atoms with Gasteiger partial charge in [-0.1, -0.05) is 0 Å². The zero-order valence-electron chi connectivity index (χ0n) is 9.16. The minimum Gasteiger partial charge on any atom is -0.347 e. The molecule has 0 fully saturated rings. The predicted octanol–water partition coefficient (Wildman–Crippen LogP) is 1.65.